The van der Waals surface area contributed by atoms with Crippen molar-refractivity contribution in [1.82, 2.24) is 19.8 Å². The lowest BCUT2D eigenvalue weighted by Gasteiger charge is -2.36. The number of hydrogen-bond donors (Lipinski definition) is 1. The number of nitrogens with zero attached hydrogens (tertiary/aromatic N) is 4. The number of anilines is 1. The molecule has 0 spiro atoms. The lowest BCUT2D eigenvalue weighted by molar-refractivity contribution is 0.0214. The Morgan fingerprint density at radius 1 is 1.05 bits per heavy atom. The topological polar surface area (TPSA) is 96.8 Å². The molecule has 6 rings (SSSR count). The Bertz CT molecular complexity index is 1500. The van der Waals surface area contributed by atoms with E-state index in [2.05, 4.69) is 15.2 Å². The zero-order chi connectivity index (χ0) is 26.8. The van der Waals surface area contributed by atoms with Crippen LogP contribution in [0.3, 0.4) is 0 Å². The van der Waals surface area contributed by atoms with Gasteiger partial charge in [-0.1, -0.05) is 6.07 Å². The molecule has 2 bridgehead atoms. The van der Waals surface area contributed by atoms with Crippen LogP contribution in [-0.2, 0) is 4.74 Å². The smallest absolute Gasteiger partial charge is 0.410 e. The van der Waals surface area contributed by atoms with Crippen molar-refractivity contribution in [2.24, 2.45) is 0 Å². The molecule has 0 unspecified atom stereocenters. The maximum Gasteiger partial charge on any atom is 0.410 e. The third-order valence-electron chi connectivity index (χ3n) is 7.59. The van der Waals surface area contributed by atoms with Gasteiger partial charge in [-0.05, 0) is 82.9 Å². The molecule has 9 nitrogen and oxygen atoms in total. The summed E-state index contributed by atoms with van der Waals surface area (Å²) >= 11 is 0. The molecule has 1 N–H and O–H groups in total. The van der Waals surface area contributed by atoms with Crippen molar-refractivity contribution in [3.8, 4) is 5.69 Å². The highest BCUT2D eigenvalue weighted by Crippen LogP contribution is 2.36. The number of hydrogen-bond acceptors (Lipinski definition) is 6. The van der Waals surface area contributed by atoms with Crippen LogP contribution in [0.5, 0.6) is 0 Å². The second-order valence-corrected chi connectivity index (χ2v) is 11.7. The Kier molecular flexibility index (Phi) is 5.70. The molecule has 1 aliphatic carbocycles. The molecule has 3 aromatic rings. The quantitative estimate of drug-likeness (QED) is 0.568. The predicted molar refractivity (Wildman–Crippen MR) is 145 cm³/mol. The number of benzene rings is 2. The van der Waals surface area contributed by atoms with Gasteiger partial charge in [0.15, 0.2) is 0 Å². The van der Waals surface area contributed by atoms with Crippen molar-refractivity contribution in [1.29, 1.82) is 0 Å². The number of carbonyl (C=O) groups excluding carboxylic acids is 2. The fourth-order valence-corrected chi connectivity index (χ4v) is 5.49. The van der Waals surface area contributed by atoms with Gasteiger partial charge in [0, 0.05) is 36.4 Å². The Morgan fingerprint density at radius 3 is 2.53 bits per heavy atom. The average molecular weight is 516 g/mol. The van der Waals surface area contributed by atoms with Crippen molar-refractivity contribution in [2.45, 2.75) is 70.7 Å². The summed E-state index contributed by atoms with van der Waals surface area (Å²) in [6.07, 6.45) is 4.17. The zero-order valence-corrected chi connectivity index (χ0v) is 22.2. The Hall–Kier alpha value is -3.88. The molecule has 2 amide bonds. The third-order valence-corrected chi connectivity index (χ3v) is 7.59. The molecule has 2 aromatic carbocycles. The summed E-state index contributed by atoms with van der Waals surface area (Å²) in [6, 6.07) is 11.7. The first-order chi connectivity index (χ1) is 18.1. The van der Waals surface area contributed by atoms with E-state index >= 15 is 0 Å². The molecular formula is C29H33N5O4. The maximum atomic E-state index is 13.7. The van der Waals surface area contributed by atoms with Gasteiger partial charge in [0.1, 0.15) is 11.9 Å². The molecule has 1 saturated carbocycles. The number of aromatic nitrogens is 2. The van der Waals surface area contributed by atoms with E-state index in [1.54, 1.807) is 12.1 Å². The number of rotatable bonds is 4. The van der Waals surface area contributed by atoms with Gasteiger partial charge < -0.3 is 19.9 Å². The zero-order valence-electron chi connectivity index (χ0n) is 22.2. The number of aryl methyl sites for hydroxylation is 1. The minimum absolute atomic E-state index is 0.0864. The van der Waals surface area contributed by atoms with E-state index in [-0.39, 0.29) is 35.7 Å². The second-order valence-electron chi connectivity index (χ2n) is 11.7. The first kappa shape index (κ1) is 24.5. The lowest BCUT2D eigenvalue weighted by atomic mass is 10.1. The SMILES string of the molecule is Cc1ccc(C(=O)NC2CC2)cc1-n1cnc2ccc(N3C[C@@H]4C[C@H]3CN4C(=O)OC(C)(C)C)cc2c1=O. The summed E-state index contributed by atoms with van der Waals surface area (Å²) < 4.78 is 7.11. The van der Waals surface area contributed by atoms with Crippen molar-refractivity contribution in [3.63, 3.8) is 0 Å². The molecule has 2 saturated heterocycles. The molecule has 1 aromatic heterocycles. The molecule has 3 aliphatic rings. The van der Waals surface area contributed by atoms with E-state index in [1.165, 1.54) is 10.9 Å². The highest BCUT2D eigenvalue weighted by atomic mass is 16.6. The number of piperazine rings is 1. The summed E-state index contributed by atoms with van der Waals surface area (Å²) in [5.41, 5.74) is 2.91. The summed E-state index contributed by atoms with van der Waals surface area (Å²) in [5.74, 6) is -0.123. The van der Waals surface area contributed by atoms with Crippen LogP contribution in [0.15, 0.2) is 47.5 Å². The Labute approximate surface area is 221 Å². The number of ether oxygens (including phenoxy) is 1. The second kappa shape index (κ2) is 8.85. The van der Waals surface area contributed by atoms with Gasteiger partial charge in [-0.3, -0.25) is 14.2 Å². The number of carbonyl (C=O) groups is 2. The van der Waals surface area contributed by atoms with Gasteiger partial charge in [0.2, 0.25) is 0 Å². The first-order valence-corrected chi connectivity index (χ1v) is 13.3. The highest BCUT2D eigenvalue weighted by Gasteiger charge is 2.46. The van der Waals surface area contributed by atoms with Gasteiger partial charge in [-0.25, -0.2) is 9.78 Å². The highest BCUT2D eigenvalue weighted by molar-refractivity contribution is 5.95. The fourth-order valence-electron chi connectivity index (χ4n) is 5.49. The Morgan fingerprint density at radius 2 is 1.84 bits per heavy atom. The first-order valence-electron chi connectivity index (χ1n) is 13.3. The number of likely N-dealkylation sites (tertiary alicyclic amines) is 1. The van der Waals surface area contributed by atoms with Gasteiger partial charge in [0.25, 0.3) is 11.5 Å². The largest absolute Gasteiger partial charge is 0.444 e. The number of amides is 2. The lowest BCUT2D eigenvalue weighted by Crippen LogP contribution is -2.50. The van der Waals surface area contributed by atoms with E-state index in [0.717, 1.165) is 30.5 Å². The van der Waals surface area contributed by atoms with Gasteiger partial charge >= 0.3 is 6.09 Å². The van der Waals surface area contributed by atoms with Crippen molar-refractivity contribution >= 4 is 28.6 Å². The van der Waals surface area contributed by atoms with Gasteiger partial charge in [-0.2, -0.15) is 0 Å². The summed E-state index contributed by atoms with van der Waals surface area (Å²) in [4.78, 5) is 47.6. The number of fused-ring (bicyclic) bond motifs is 3. The molecule has 38 heavy (non-hydrogen) atoms. The molecule has 2 atom stereocenters. The van der Waals surface area contributed by atoms with E-state index in [1.807, 2.05) is 56.9 Å². The molecule has 3 heterocycles. The standard InChI is InChI=1S/C29H33N5O4/c1-17-5-6-18(26(35)31-19-7-8-19)11-25(17)34-16-30-24-10-9-20(13-23(24)27(34)36)32-14-22-12-21(32)15-33(22)28(37)38-29(2,3)4/h5-6,9-11,13,16,19,21-22H,7-8,12,14-15H2,1-4H3,(H,31,35)/t21-,22-/m0/s1. The van der Waals surface area contributed by atoms with Crippen LogP contribution in [0, 0.1) is 6.92 Å². The molecule has 198 valence electrons. The van der Waals surface area contributed by atoms with Crippen LogP contribution >= 0.6 is 0 Å². The van der Waals surface area contributed by atoms with Crippen LogP contribution in [0.4, 0.5) is 10.5 Å². The molecular weight excluding hydrogens is 482 g/mol. The van der Waals surface area contributed by atoms with E-state index < -0.39 is 5.60 Å². The number of nitrogens with one attached hydrogen (secondary N) is 1. The molecule has 3 fully saturated rings. The maximum absolute atomic E-state index is 13.7. The van der Waals surface area contributed by atoms with E-state index in [0.29, 0.717) is 35.2 Å². The van der Waals surface area contributed by atoms with Crippen LogP contribution in [0.2, 0.25) is 0 Å². The monoisotopic (exact) mass is 515 g/mol. The molecule has 2 aliphatic heterocycles. The fraction of sp³-hybridized carbons (Fsp3) is 0.448. The normalized spacial score (nSPS) is 20.7. The van der Waals surface area contributed by atoms with Crippen molar-refractivity contribution in [3.05, 3.63) is 64.2 Å². The Balaban J connectivity index is 1.28. The summed E-state index contributed by atoms with van der Waals surface area (Å²) in [6.45, 7) is 8.85. The minimum Gasteiger partial charge on any atom is -0.444 e. The van der Waals surface area contributed by atoms with Crippen molar-refractivity contribution in [2.75, 3.05) is 18.0 Å². The summed E-state index contributed by atoms with van der Waals surface area (Å²) in [7, 11) is 0. The predicted octanol–water partition coefficient (Wildman–Crippen LogP) is 3.78. The molecule has 0 radical (unpaired) electrons. The minimum atomic E-state index is -0.525. The van der Waals surface area contributed by atoms with E-state index in [9.17, 15) is 14.4 Å². The van der Waals surface area contributed by atoms with Gasteiger partial charge in [0.05, 0.1) is 22.6 Å². The van der Waals surface area contributed by atoms with Crippen LogP contribution < -0.4 is 15.8 Å². The summed E-state index contributed by atoms with van der Waals surface area (Å²) in [5, 5.41) is 3.52. The molecule has 9 heteroatoms. The average Bonchev–Trinajstić information content (AvgIpc) is 3.44. The van der Waals surface area contributed by atoms with Crippen LogP contribution in [0.25, 0.3) is 16.6 Å². The third kappa shape index (κ3) is 4.50. The van der Waals surface area contributed by atoms with Gasteiger partial charge in [-0.15, -0.1) is 0 Å². The van der Waals surface area contributed by atoms with E-state index in [4.69, 9.17) is 4.74 Å². The van der Waals surface area contributed by atoms with Crippen LogP contribution in [0.1, 0.15) is 56.0 Å². The van der Waals surface area contributed by atoms with Crippen LogP contribution in [-0.4, -0.2) is 63.3 Å². The van der Waals surface area contributed by atoms with Crippen molar-refractivity contribution < 1.29 is 14.3 Å².